The van der Waals surface area contributed by atoms with Gasteiger partial charge in [-0.2, -0.15) is 10.4 Å². The van der Waals surface area contributed by atoms with E-state index in [1.54, 1.807) is 0 Å². The average Bonchev–Trinajstić information content (AvgIpc) is 2.38. The molecule has 5 heteroatoms. The Morgan fingerprint density at radius 1 is 1.24 bits per heavy atom. The first kappa shape index (κ1) is 11.8. The van der Waals surface area contributed by atoms with E-state index < -0.39 is 0 Å². The summed E-state index contributed by atoms with van der Waals surface area (Å²) in [5, 5.41) is 16.8. The van der Waals surface area contributed by atoms with Crippen molar-refractivity contribution < 1.29 is 0 Å². The molecule has 0 atom stereocenters. The lowest BCUT2D eigenvalue weighted by Crippen LogP contribution is -2.46. The van der Waals surface area contributed by atoms with E-state index in [2.05, 4.69) is 26.1 Å². The molecule has 0 N–H and O–H groups in total. The minimum absolute atomic E-state index is 0.615. The summed E-state index contributed by atoms with van der Waals surface area (Å²) < 4.78 is 0. The fourth-order valence-corrected chi connectivity index (χ4v) is 1.97. The van der Waals surface area contributed by atoms with Crippen molar-refractivity contribution >= 4 is 5.82 Å². The van der Waals surface area contributed by atoms with Gasteiger partial charge in [-0.3, -0.25) is 4.90 Å². The maximum atomic E-state index is 8.55. The largest absolute Gasteiger partial charge is 0.353 e. The van der Waals surface area contributed by atoms with Crippen LogP contribution in [-0.2, 0) is 0 Å². The zero-order valence-corrected chi connectivity index (χ0v) is 10.1. The summed E-state index contributed by atoms with van der Waals surface area (Å²) in [5.74, 6) is 0.954. The highest BCUT2D eigenvalue weighted by Crippen LogP contribution is 2.12. The second kappa shape index (κ2) is 5.60. The third-order valence-corrected chi connectivity index (χ3v) is 3.02. The first-order valence-electron chi connectivity index (χ1n) is 5.94. The third kappa shape index (κ3) is 3.14. The number of rotatable bonds is 3. The maximum Gasteiger partial charge on any atom is 0.151 e. The number of anilines is 1. The van der Waals surface area contributed by atoms with Crippen molar-refractivity contribution in [1.82, 2.24) is 15.1 Å². The van der Waals surface area contributed by atoms with Gasteiger partial charge in [0.05, 0.1) is 11.8 Å². The normalized spacial score (nSPS) is 16.8. The van der Waals surface area contributed by atoms with E-state index in [9.17, 15) is 0 Å². The number of piperazine rings is 1. The monoisotopic (exact) mass is 231 g/mol. The number of aryl methyl sites for hydroxylation is 1. The van der Waals surface area contributed by atoms with Crippen molar-refractivity contribution in [3.63, 3.8) is 0 Å². The van der Waals surface area contributed by atoms with Crippen LogP contribution in [0.15, 0.2) is 12.1 Å². The van der Waals surface area contributed by atoms with Gasteiger partial charge in [-0.15, -0.1) is 5.10 Å². The smallest absolute Gasteiger partial charge is 0.151 e. The summed E-state index contributed by atoms with van der Waals surface area (Å²) in [6.45, 7) is 6.74. The SMILES string of the molecule is Cc1ccc(N2CCN(CCC#N)CC2)nn1. The Kier molecular flexibility index (Phi) is 3.89. The van der Waals surface area contributed by atoms with E-state index in [-0.39, 0.29) is 0 Å². The summed E-state index contributed by atoms with van der Waals surface area (Å²) in [6.07, 6.45) is 0.615. The Morgan fingerprint density at radius 2 is 2.00 bits per heavy atom. The van der Waals surface area contributed by atoms with Gasteiger partial charge in [0.15, 0.2) is 5.82 Å². The molecule has 0 bridgehead atoms. The van der Waals surface area contributed by atoms with E-state index >= 15 is 0 Å². The van der Waals surface area contributed by atoms with Gasteiger partial charge in [0.2, 0.25) is 0 Å². The van der Waals surface area contributed by atoms with Crippen molar-refractivity contribution in [2.24, 2.45) is 0 Å². The van der Waals surface area contributed by atoms with Crippen LogP contribution in [0.25, 0.3) is 0 Å². The zero-order chi connectivity index (χ0) is 12.1. The highest BCUT2D eigenvalue weighted by atomic mass is 15.3. The molecule has 1 aliphatic rings. The molecule has 2 rings (SSSR count). The van der Waals surface area contributed by atoms with Crippen LogP contribution in [0.4, 0.5) is 5.82 Å². The fourth-order valence-electron chi connectivity index (χ4n) is 1.97. The van der Waals surface area contributed by atoms with E-state index in [1.807, 2.05) is 19.1 Å². The van der Waals surface area contributed by atoms with Gasteiger partial charge in [-0.05, 0) is 19.1 Å². The molecular formula is C12H17N5. The lowest BCUT2D eigenvalue weighted by molar-refractivity contribution is 0.263. The van der Waals surface area contributed by atoms with Crippen molar-refractivity contribution in [2.75, 3.05) is 37.6 Å². The van der Waals surface area contributed by atoms with Crippen molar-refractivity contribution in [3.8, 4) is 6.07 Å². The van der Waals surface area contributed by atoms with Crippen LogP contribution in [0.5, 0.6) is 0 Å². The molecule has 0 aromatic carbocycles. The number of hydrogen-bond donors (Lipinski definition) is 0. The predicted octanol–water partition coefficient (Wildman–Crippen LogP) is 0.821. The standard InChI is InChI=1S/C12H17N5/c1-11-3-4-12(15-14-11)17-9-7-16(8-10-17)6-2-5-13/h3-4H,2,6-10H2,1H3. The molecule has 17 heavy (non-hydrogen) atoms. The lowest BCUT2D eigenvalue weighted by Gasteiger charge is -2.34. The minimum Gasteiger partial charge on any atom is -0.353 e. The number of nitrogens with zero attached hydrogens (tertiary/aromatic N) is 5. The molecule has 0 radical (unpaired) electrons. The van der Waals surface area contributed by atoms with Crippen molar-refractivity contribution in [1.29, 1.82) is 5.26 Å². The topological polar surface area (TPSA) is 56.0 Å². The lowest BCUT2D eigenvalue weighted by atomic mass is 10.3. The maximum absolute atomic E-state index is 8.55. The third-order valence-electron chi connectivity index (χ3n) is 3.02. The Morgan fingerprint density at radius 3 is 2.59 bits per heavy atom. The van der Waals surface area contributed by atoms with Crippen LogP contribution in [0.2, 0.25) is 0 Å². The van der Waals surface area contributed by atoms with Gasteiger partial charge in [-0.25, -0.2) is 0 Å². The van der Waals surface area contributed by atoms with Gasteiger partial charge in [0.25, 0.3) is 0 Å². The Bertz CT molecular complexity index is 386. The van der Waals surface area contributed by atoms with E-state index in [1.165, 1.54) is 0 Å². The number of nitriles is 1. The molecule has 1 aliphatic heterocycles. The minimum atomic E-state index is 0.615. The van der Waals surface area contributed by atoms with Crippen LogP contribution in [-0.4, -0.2) is 47.8 Å². The zero-order valence-electron chi connectivity index (χ0n) is 10.1. The molecule has 1 aromatic rings. The van der Waals surface area contributed by atoms with Crippen LogP contribution < -0.4 is 4.90 Å². The Balaban J connectivity index is 1.87. The molecule has 1 aromatic heterocycles. The molecule has 0 saturated carbocycles. The summed E-state index contributed by atoms with van der Waals surface area (Å²) in [5.41, 5.74) is 0.946. The van der Waals surface area contributed by atoms with Crippen molar-refractivity contribution in [2.45, 2.75) is 13.3 Å². The molecule has 1 fully saturated rings. The van der Waals surface area contributed by atoms with Crippen LogP contribution >= 0.6 is 0 Å². The van der Waals surface area contributed by atoms with E-state index in [4.69, 9.17) is 5.26 Å². The van der Waals surface area contributed by atoms with E-state index in [0.29, 0.717) is 6.42 Å². The number of hydrogen-bond acceptors (Lipinski definition) is 5. The van der Waals surface area contributed by atoms with Crippen LogP contribution in [0, 0.1) is 18.3 Å². The first-order valence-corrected chi connectivity index (χ1v) is 5.94. The highest BCUT2D eigenvalue weighted by Gasteiger charge is 2.17. The molecular weight excluding hydrogens is 214 g/mol. The highest BCUT2D eigenvalue weighted by molar-refractivity contribution is 5.37. The van der Waals surface area contributed by atoms with Crippen LogP contribution in [0.3, 0.4) is 0 Å². The van der Waals surface area contributed by atoms with Gasteiger partial charge in [0.1, 0.15) is 0 Å². The second-order valence-electron chi connectivity index (χ2n) is 4.27. The predicted molar refractivity (Wildman–Crippen MR) is 65.7 cm³/mol. The van der Waals surface area contributed by atoms with Gasteiger partial charge in [-0.1, -0.05) is 0 Å². The average molecular weight is 231 g/mol. The molecule has 5 nitrogen and oxygen atoms in total. The van der Waals surface area contributed by atoms with Gasteiger partial charge < -0.3 is 4.90 Å². The number of aromatic nitrogens is 2. The molecule has 90 valence electrons. The quantitative estimate of drug-likeness (QED) is 0.771. The Labute approximate surface area is 102 Å². The molecule has 1 saturated heterocycles. The first-order chi connectivity index (χ1) is 8.29. The molecule has 0 aliphatic carbocycles. The molecule has 2 heterocycles. The van der Waals surface area contributed by atoms with Gasteiger partial charge in [0, 0.05) is 39.1 Å². The summed E-state index contributed by atoms with van der Waals surface area (Å²) in [7, 11) is 0. The van der Waals surface area contributed by atoms with E-state index in [0.717, 1.165) is 44.2 Å². The summed E-state index contributed by atoms with van der Waals surface area (Å²) in [4.78, 5) is 4.57. The molecule has 0 amide bonds. The fraction of sp³-hybridized carbons (Fsp3) is 0.583. The second-order valence-corrected chi connectivity index (χ2v) is 4.27. The molecule has 0 unspecified atom stereocenters. The van der Waals surface area contributed by atoms with Crippen LogP contribution in [0.1, 0.15) is 12.1 Å². The summed E-state index contributed by atoms with van der Waals surface area (Å²) >= 11 is 0. The summed E-state index contributed by atoms with van der Waals surface area (Å²) in [6, 6.07) is 6.20. The molecule has 0 spiro atoms. The Hall–Kier alpha value is -1.67. The van der Waals surface area contributed by atoms with Gasteiger partial charge >= 0.3 is 0 Å². The van der Waals surface area contributed by atoms with Crippen molar-refractivity contribution in [3.05, 3.63) is 17.8 Å².